The van der Waals surface area contributed by atoms with Crippen molar-refractivity contribution in [1.29, 1.82) is 0 Å². The number of para-hydroxylation sites is 1. The molecular formula is C15H12BrNO3S. The fourth-order valence-electron chi connectivity index (χ4n) is 2.57. The molecule has 1 atom stereocenters. The summed E-state index contributed by atoms with van der Waals surface area (Å²) >= 11 is 4.59. The number of fused-ring (bicyclic) bond motifs is 1. The predicted octanol–water partition coefficient (Wildman–Crippen LogP) is 2.95. The highest BCUT2D eigenvalue weighted by atomic mass is 79.9. The molecule has 2 heterocycles. The van der Waals surface area contributed by atoms with Crippen molar-refractivity contribution in [3.8, 4) is 0 Å². The fourth-order valence-corrected chi connectivity index (χ4v) is 3.90. The number of hydrogen-bond acceptors (Lipinski definition) is 4. The smallest absolute Gasteiger partial charge is 0.263 e. The Morgan fingerprint density at radius 2 is 2.05 bits per heavy atom. The molecule has 1 aliphatic rings. The van der Waals surface area contributed by atoms with E-state index in [4.69, 9.17) is 0 Å². The van der Waals surface area contributed by atoms with Crippen molar-refractivity contribution in [2.24, 2.45) is 0 Å². The lowest BCUT2D eigenvalue weighted by atomic mass is 9.89. The minimum atomic E-state index is -1.78. The molecule has 1 aromatic carbocycles. The van der Waals surface area contributed by atoms with Crippen LogP contribution in [0.4, 0.5) is 5.69 Å². The summed E-state index contributed by atoms with van der Waals surface area (Å²) < 4.78 is 0.841. The Bertz CT molecular complexity index is 742. The Morgan fingerprint density at radius 1 is 1.33 bits per heavy atom. The van der Waals surface area contributed by atoms with E-state index in [2.05, 4.69) is 15.9 Å². The van der Waals surface area contributed by atoms with Crippen molar-refractivity contribution in [1.82, 2.24) is 0 Å². The number of carbonyl (C=O) groups excluding carboxylic acids is 2. The van der Waals surface area contributed by atoms with Crippen LogP contribution in [0.15, 0.2) is 40.2 Å². The monoisotopic (exact) mass is 365 g/mol. The summed E-state index contributed by atoms with van der Waals surface area (Å²) in [6.45, 7) is 0. The van der Waals surface area contributed by atoms with Gasteiger partial charge in [-0.2, -0.15) is 0 Å². The summed E-state index contributed by atoms with van der Waals surface area (Å²) in [6.07, 6.45) is -0.250. The molecule has 0 bridgehead atoms. The van der Waals surface area contributed by atoms with Gasteiger partial charge in [0.05, 0.1) is 20.8 Å². The van der Waals surface area contributed by atoms with Gasteiger partial charge in [-0.1, -0.05) is 18.2 Å². The Morgan fingerprint density at radius 3 is 2.71 bits per heavy atom. The van der Waals surface area contributed by atoms with Crippen molar-refractivity contribution in [2.75, 3.05) is 11.9 Å². The lowest BCUT2D eigenvalue weighted by Crippen LogP contribution is -2.40. The zero-order valence-electron chi connectivity index (χ0n) is 11.2. The predicted molar refractivity (Wildman–Crippen MR) is 84.7 cm³/mol. The summed E-state index contributed by atoms with van der Waals surface area (Å²) in [5.74, 6) is -0.709. The first kappa shape index (κ1) is 14.4. The SMILES string of the molecule is CN1C(=O)[C@@](O)(CC(=O)c2ccc(Br)s2)c2ccccc21. The van der Waals surface area contributed by atoms with E-state index in [0.29, 0.717) is 16.1 Å². The number of Topliss-reactive ketones (excluding diaryl/α,β-unsaturated/α-hetero) is 1. The molecule has 0 radical (unpaired) electrons. The van der Waals surface area contributed by atoms with Gasteiger partial charge in [-0.05, 0) is 34.1 Å². The van der Waals surface area contributed by atoms with E-state index in [1.165, 1.54) is 16.2 Å². The Labute approximate surface area is 134 Å². The van der Waals surface area contributed by atoms with Gasteiger partial charge in [0.25, 0.3) is 5.91 Å². The fraction of sp³-hybridized carbons (Fsp3) is 0.200. The summed E-state index contributed by atoms with van der Waals surface area (Å²) in [4.78, 5) is 26.6. The molecule has 1 N–H and O–H groups in total. The molecule has 0 unspecified atom stereocenters. The molecular weight excluding hydrogens is 354 g/mol. The van der Waals surface area contributed by atoms with Crippen molar-refractivity contribution in [3.05, 3.63) is 50.6 Å². The van der Waals surface area contributed by atoms with Crippen LogP contribution in [0.5, 0.6) is 0 Å². The Balaban J connectivity index is 1.97. The third-order valence-electron chi connectivity index (χ3n) is 3.63. The maximum atomic E-state index is 12.4. The van der Waals surface area contributed by atoms with E-state index in [1.807, 2.05) is 0 Å². The number of aliphatic hydroxyl groups is 1. The standard InChI is InChI=1S/C15H12BrNO3S/c1-17-10-5-3-2-4-9(10)15(20,14(17)19)8-11(18)12-6-7-13(16)21-12/h2-7,20H,8H2,1H3/t15-/m1/s1. The summed E-state index contributed by atoms with van der Waals surface area (Å²) in [5.41, 5.74) is -0.648. The molecule has 0 fully saturated rings. The highest BCUT2D eigenvalue weighted by molar-refractivity contribution is 9.11. The number of thiophene rings is 1. The molecule has 3 rings (SSSR count). The normalized spacial score (nSPS) is 20.7. The van der Waals surface area contributed by atoms with Gasteiger partial charge in [0.1, 0.15) is 0 Å². The largest absolute Gasteiger partial charge is 0.375 e. The third-order valence-corrected chi connectivity index (χ3v) is 5.30. The van der Waals surface area contributed by atoms with Crippen LogP contribution in [0, 0.1) is 0 Å². The van der Waals surface area contributed by atoms with Gasteiger partial charge in [-0.15, -0.1) is 11.3 Å². The second-order valence-electron chi connectivity index (χ2n) is 4.95. The first-order valence-corrected chi connectivity index (χ1v) is 7.93. The number of hydrogen-bond donors (Lipinski definition) is 1. The van der Waals surface area contributed by atoms with E-state index in [-0.39, 0.29) is 12.2 Å². The number of halogens is 1. The number of anilines is 1. The average molecular weight is 366 g/mol. The molecule has 1 aliphatic heterocycles. The molecule has 1 amide bonds. The van der Waals surface area contributed by atoms with Crippen molar-refractivity contribution in [2.45, 2.75) is 12.0 Å². The zero-order valence-corrected chi connectivity index (χ0v) is 13.6. The second kappa shape index (κ2) is 5.05. The van der Waals surface area contributed by atoms with Gasteiger partial charge in [0.15, 0.2) is 11.4 Å². The first-order chi connectivity index (χ1) is 9.93. The van der Waals surface area contributed by atoms with Gasteiger partial charge in [-0.3, -0.25) is 9.59 Å². The van der Waals surface area contributed by atoms with E-state index in [0.717, 1.165) is 3.79 Å². The van der Waals surface area contributed by atoms with E-state index in [9.17, 15) is 14.7 Å². The lowest BCUT2D eigenvalue weighted by Gasteiger charge is -2.20. The quantitative estimate of drug-likeness (QED) is 0.850. The molecule has 0 saturated carbocycles. The van der Waals surface area contributed by atoms with Crippen LogP contribution in [-0.2, 0) is 10.4 Å². The summed E-state index contributed by atoms with van der Waals surface area (Å²) in [6, 6.07) is 10.5. The number of ketones is 1. The minimum absolute atomic E-state index is 0.244. The molecule has 108 valence electrons. The van der Waals surface area contributed by atoms with E-state index >= 15 is 0 Å². The van der Waals surface area contributed by atoms with Gasteiger partial charge in [0, 0.05) is 12.6 Å². The van der Waals surface area contributed by atoms with Crippen molar-refractivity contribution in [3.63, 3.8) is 0 Å². The van der Waals surface area contributed by atoms with Crippen LogP contribution in [0.2, 0.25) is 0 Å². The van der Waals surface area contributed by atoms with Crippen LogP contribution in [0.3, 0.4) is 0 Å². The molecule has 1 aromatic heterocycles. The van der Waals surface area contributed by atoms with E-state index < -0.39 is 11.5 Å². The summed E-state index contributed by atoms with van der Waals surface area (Å²) in [7, 11) is 1.60. The maximum Gasteiger partial charge on any atom is 0.263 e. The first-order valence-electron chi connectivity index (χ1n) is 6.32. The van der Waals surface area contributed by atoms with Crippen LogP contribution < -0.4 is 4.90 Å². The highest BCUT2D eigenvalue weighted by Gasteiger charge is 2.49. The Kier molecular flexibility index (Phi) is 3.47. The maximum absolute atomic E-state index is 12.4. The zero-order chi connectivity index (χ0) is 15.2. The van der Waals surface area contributed by atoms with Crippen LogP contribution in [-0.4, -0.2) is 23.8 Å². The Hall–Kier alpha value is -1.50. The molecule has 0 spiro atoms. The summed E-state index contributed by atoms with van der Waals surface area (Å²) in [5, 5.41) is 10.8. The number of amides is 1. The highest BCUT2D eigenvalue weighted by Crippen LogP contribution is 2.42. The van der Waals surface area contributed by atoms with Crippen molar-refractivity contribution >= 4 is 44.6 Å². The second-order valence-corrected chi connectivity index (χ2v) is 7.41. The number of carbonyl (C=O) groups is 2. The number of benzene rings is 1. The van der Waals surface area contributed by atoms with Crippen LogP contribution in [0.25, 0.3) is 0 Å². The molecule has 2 aromatic rings. The van der Waals surface area contributed by atoms with Crippen molar-refractivity contribution < 1.29 is 14.7 Å². The lowest BCUT2D eigenvalue weighted by molar-refractivity contribution is -0.135. The van der Waals surface area contributed by atoms with Crippen LogP contribution in [0.1, 0.15) is 21.7 Å². The average Bonchev–Trinajstić information content (AvgIpc) is 2.98. The minimum Gasteiger partial charge on any atom is -0.375 e. The van der Waals surface area contributed by atoms with Gasteiger partial charge in [-0.25, -0.2) is 0 Å². The number of nitrogens with zero attached hydrogens (tertiary/aromatic N) is 1. The molecule has 6 heteroatoms. The van der Waals surface area contributed by atoms with Gasteiger partial charge < -0.3 is 10.0 Å². The molecule has 0 aliphatic carbocycles. The number of rotatable bonds is 3. The van der Waals surface area contributed by atoms with E-state index in [1.54, 1.807) is 43.4 Å². The third kappa shape index (κ3) is 2.23. The topological polar surface area (TPSA) is 57.6 Å². The van der Waals surface area contributed by atoms with Gasteiger partial charge in [0.2, 0.25) is 0 Å². The molecule has 21 heavy (non-hydrogen) atoms. The molecule has 4 nitrogen and oxygen atoms in total. The van der Waals surface area contributed by atoms with Gasteiger partial charge >= 0.3 is 0 Å². The molecule has 0 saturated heterocycles. The number of likely N-dealkylation sites (N-methyl/N-ethyl adjacent to an activating group) is 1. The van der Waals surface area contributed by atoms with Crippen LogP contribution >= 0.6 is 27.3 Å².